The van der Waals surface area contributed by atoms with E-state index in [1.165, 1.54) is 11.1 Å². The Morgan fingerprint density at radius 1 is 0.808 bits per heavy atom. The maximum Gasteiger partial charge on any atom is 0.130 e. The molecule has 0 amide bonds. The molecule has 1 aliphatic carbocycles. The number of fused-ring (bicyclic) bond motifs is 2. The summed E-state index contributed by atoms with van der Waals surface area (Å²) in [7, 11) is 0. The Morgan fingerprint density at radius 3 is 1.62 bits per heavy atom. The molecule has 142 valence electrons. The highest BCUT2D eigenvalue weighted by atomic mass is 16.5. The van der Waals surface area contributed by atoms with E-state index in [0.717, 1.165) is 48.0 Å². The normalized spacial score (nSPS) is 16.2. The molecule has 0 spiro atoms. The first kappa shape index (κ1) is 19.0. The Hall–Kier alpha value is -1.78. The lowest BCUT2D eigenvalue weighted by molar-refractivity contribution is 0.102. The van der Waals surface area contributed by atoms with Gasteiger partial charge in [0.15, 0.2) is 0 Å². The lowest BCUT2D eigenvalue weighted by Gasteiger charge is -2.26. The summed E-state index contributed by atoms with van der Waals surface area (Å²) in [6.45, 7) is 4.53. The SMILES string of the molecule is CCC(O)COc1c2c(c(OCC(O)CC)c3ccccc13)CCCC2. The summed E-state index contributed by atoms with van der Waals surface area (Å²) in [6.07, 6.45) is 4.64. The molecule has 2 unspecified atom stereocenters. The van der Waals surface area contributed by atoms with Gasteiger partial charge in [0.25, 0.3) is 0 Å². The molecule has 0 saturated heterocycles. The minimum absolute atomic E-state index is 0.307. The van der Waals surface area contributed by atoms with Crippen LogP contribution in [0.1, 0.15) is 50.7 Å². The molecule has 0 fully saturated rings. The summed E-state index contributed by atoms with van der Waals surface area (Å²) >= 11 is 0. The standard InChI is InChI=1S/C22H30O4/c1-3-15(23)13-25-21-17-9-5-7-11-19(17)22(26-14-16(24)4-2)20-12-8-6-10-18(20)21/h5,7,9,11,15-16,23-24H,3-4,6,8,10,12-14H2,1-2H3. The first-order chi connectivity index (χ1) is 12.7. The molecule has 2 aromatic rings. The Bertz CT molecular complexity index is 678. The molecule has 2 atom stereocenters. The third-order valence-electron chi connectivity index (χ3n) is 5.21. The van der Waals surface area contributed by atoms with Crippen molar-refractivity contribution in [3.05, 3.63) is 35.4 Å². The molecule has 0 radical (unpaired) electrons. The smallest absolute Gasteiger partial charge is 0.130 e. The third-order valence-corrected chi connectivity index (χ3v) is 5.21. The van der Waals surface area contributed by atoms with Crippen LogP contribution in [0.4, 0.5) is 0 Å². The van der Waals surface area contributed by atoms with Crippen LogP contribution in [0.3, 0.4) is 0 Å². The molecule has 3 rings (SSSR count). The van der Waals surface area contributed by atoms with Crippen LogP contribution in [0.5, 0.6) is 11.5 Å². The molecular formula is C22H30O4. The highest BCUT2D eigenvalue weighted by Crippen LogP contribution is 2.44. The molecule has 0 heterocycles. The summed E-state index contributed by atoms with van der Waals surface area (Å²) in [5, 5.41) is 21.9. The predicted molar refractivity (Wildman–Crippen MR) is 104 cm³/mol. The van der Waals surface area contributed by atoms with Crippen molar-refractivity contribution in [1.82, 2.24) is 0 Å². The minimum atomic E-state index is -0.455. The van der Waals surface area contributed by atoms with Crippen molar-refractivity contribution in [3.63, 3.8) is 0 Å². The summed E-state index contributed by atoms with van der Waals surface area (Å²) in [4.78, 5) is 0. The van der Waals surface area contributed by atoms with Gasteiger partial charge < -0.3 is 19.7 Å². The molecule has 0 saturated carbocycles. The van der Waals surface area contributed by atoms with Crippen LogP contribution in [0, 0.1) is 0 Å². The van der Waals surface area contributed by atoms with Crippen molar-refractivity contribution in [2.45, 2.75) is 64.6 Å². The maximum absolute atomic E-state index is 9.94. The highest BCUT2D eigenvalue weighted by molar-refractivity contribution is 5.96. The summed E-state index contributed by atoms with van der Waals surface area (Å²) in [6, 6.07) is 8.12. The molecule has 0 aromatic heterocycles. The Kier molecular flexibility index (Phi) is 6.38. The lowest BCUT2D eigenvalue weighted by Crippen LogP contribution is -2.20. The van der Waals surface area contributed by atoms with Crippen LogP contribution in [0.25, 0.3) is 10.8 Å². The quantitative estimate of drug-likeness (QED) is 0.748. The Labute approximate surface area is 155 Å². The van der Waals surface area contributed by atoms with Crippen LogP contribution in [0.2, 0.25) is 0 Å². The number of aliphatic hydroxyl groups is 2. The zero-order valence-corrected chi connectivity index (χ0v) is 15.8. The number of ether oxygens (including phenoxy) is 2. The average molecular weight is 358 g/mol. The van der Waals surface area contributed by atoms with E-state index in [-0.39, 0.29) is 0 Å². The average Bonchev–Trinajstić information content (AvgIpc) is 2.69. The van der Waals surface area contributed by atoms with E-state index < -0.39 is 12.2 Å². The number of hydrogen-bond acceptors (Lipinski definition) is 4. The highest BCUT2D eigenvalue weighted by Gasteiger charge is 2.24. The van der Waals surface area contributed by atoms with Crippen molar-refractivity contribution in [2.24, 2.45) is 0 Å². The third kappa shape index (κ3) is 3.97. The van der Waals surface area contributed by atoms with E-state index in [9.17, 15) is 10.2 Å². The number of benzene rings is 2. The molecule has 4 heteroatoms. The fourth-order valence-electron chi connectivity index (χ4n) is 3.54. The second-order valence-electron chi connectivity index (χ2n) is 7.11. The second kappa shape index (κ2) is 8.74. The van der Waals surface area contributed by atoms with Crippen LogP contribution >= 0.6 is 0 Å². The predicted octanol–water partition coefficient (Wildman–Crippen LogP) is 4.02. The van der Waals surface area contributed by atoms with Gasteiger partial charge in [0, 0.05) is 21.9 Å². The van der Waals surface area contributed by atoms with Gasteiger partial charge in [-0.2, -0.15) is 0 Å². The lowest BCUT2D eigenvalue weighted by atomic mass is 9.87. The largest absolute Gasteiger partial charge is 0.490 e. The fraction of sp³-hybridized carbons (Fsp3) is 0.545. The molecule has 2 aromatic carbocycles. The fourth-order valence-corrected chi connectivity index (χ4v) is 3.54. The van der Waals surface area contributed by atoms with Crippen molar-refractivity contribution in [1.29, 1.82) is 0 Å². The van der Waals surface area contributed by atoms with Crippen molar-refractivity contribution < 1.29 is 19.7 Å². The van der Waals surface area contributed by atoms with Gasteiger partial charge in [-0.1, -0.05) is 38.1 Å². The first-order valence-electron chi connectivity index (χ1n) is 9.83. The zero-order chi connectivity index (χ0) is 18.5. The molecule has 1 aliphatic rings. The topological polar surface area (TPSA) is 58.9 Å². The Balaban J connectivity index is 2.07. The van der Waals surface area contributed by atoms with Crippen molar-refractivity contribution in [2.75, 3.05) is 13.2 Å². The number of hydrogen-bond donors (Lipinski definition) is 2. The van der Waals surface area contributed by atoms with E-state index in [2.05, 4.69) is 12.1 Å². The van der Waals surface area contributed by atoms with Crippen LogP contribution in [-0.2, 0) is 12.8 Å². The summed E-state index contributed by atoms with van der Waals surface area (Å²) < 4.78 is 12.2. The Morgan fingerprint density at radius 2 is 1.23 bits per heavy atom. The molecule has 0 bridgehead atoms. The van der Waals surface area contributed by atoms with E-state index in [0.29, 0.717) is 26.1 Å². The van der Waals surface area contributed by atoms with E-state index in [1.54, 1.807) is 0 Å². The van der Waals surface area contributed by atoms with Gasteiger partial charge in [-0.05, 0) is 38.5 Å². The molecule has 26 heavy (non-hydrogen) atoms. The molecule has 4 nitrogen and oxygen atoms in total. The first-order valence-corrected chi connectivity index (χ1v) is 9.83. The molecular weight excluding hydrogens is 328 g/mol. The maximum atomic E-state index is 9.94. The van der Waals surface area contributed by atoms with Crippen molar-refractivity contribution >= 4 is 10.8 Å². The van der Waals surface area contributed by atoms with Gasteiger partial charge in [0.2, 0.25) is 0 Å². The second-order valence-corrected chi connectivity index (χ2v) is 7.11. The van der Waals surface area contributed by atoms with Gasteiger partial charge in [0.05, 0.1) is 12.2 Å². The minimum Gasteiger partial charge on any atom is -0.490 e. The van der Waals surface area contributed by atoms with E-state index >= 15 is 0 Å². The van der Waals surface area contributed by atoms with Crippen molar-refractivity contribution in [3.8, 4) is 11.5 Å². The molecule has 2 N–H and O–H groups in total. The van der Waals surface area contributed by atoms with E-state index in [4.69, 9.17) is 9.47 Å². The summed E-state index contributed by atoms with van der Waals surface area (Å²) in [5.74, 6) is 1.79. The van der Waals surface area contributed by atoms with E-state index in [1.807, 2.05) is 26.0 Å². The van der Waals surface area contributed by atoms with Crippen LogP contribution < -0.4 is 9.47 Å². The van der Waals surface area contributed by atoms with Gasteiger partial charge >= 0.3 is 0 Å². The number of aliphatic hydroxyl groups excluding tert-OH is 2. The van der Waals surface area contributed by atoms with Crippen LogP contribution in [0.15, 0.2) is 24.3 Å². The van der Waals surface area contributed by atoms with Gasteiger partial charge in [-0.3, -0.25) is 0 Å². The molecule has 0 aliphatic heterocycles. The van der Waals surface area contributed by atoms with Crippen LogP contribution in [-0.4, -0.2) is 35.6 Å². The van der Waals surface area contributed by atoms with Gasteiger partial charge in [-0.15, -0.1) is 0 Å². The summed E-state index contributed by atoms with van der Waals surface area (Å²) in [5.41, 5.74) is 2.42. The van der Waals surface area contributed by atoms with Gasteiger partial charge in [-0.25, -0.2) is 0 Å². The monoisotopic (exact) mass is 358 g/mol. The van der Waals surface area contributed by atoms with Gasteiger partial charge in [0.1, 0.15) is 24.7 Å². The number of rotatable bonds is 8. The zero-order valence-electron chi connectivity index (χ0n) is 15.8.